The highest BCUT2D eigenvalue weighted by atomic mass is 31.2. The summed E-state index contributed by atoms with van der Waals surface area (Å²) in [6.07, 6.45) is -1.17. The lowest BCUT2D eigenvalue weighted by Crippen LogP contribution is -2.67. The second-order valence-corrected chi connectivity index (χ2v) is 20.0. The van der Waals surface area contributed by atoms with Gasteiger partial charge in [0.15, 0.2) is 5.78 Å². The Morgan fingerprint density at radius 2 is 0.978 bits per heavy atom. The van der Waals surface area contributed by atoms with Crippen molar-refractivity contribution in [2.24, 2.45) is 0 Å². The van der Waals surface area contributed by atoms with Crippen LogP contribution in [0.25, 0.3) is 0 Å². The van der Waals surface area contributed by atoms with Crippen molar-refractivity contribution in [2.75, 3.05) is 0 Å². The van der Waals surface area contributed by atoms with Crippen LogP contribution >= 0.6 is 6.89 Å². The topological polar surface area (TPSA) is 63.6 Å². The number of aliphatic carboxylic acids is 1. The van der Waals surface area contributed by atoms with Gasteiger partial charge in [-0.25, -0.2) is 0 Å². The zero-order chi connectivity index (χ0) is 32.6. The van der Waals surface area contributed by atoms with Crippen LogP contribution in [-0.2, 0) is 14.0 Å². The highest BCUT2D eigenvalue weighted by molar-refractivity contribution is 7.95. The summed E-state index contributed by atoms with van der Waals surface area (Å²) in [6.45, 7) is 3.90. The highest BCUT2D eigenvalue weighted by Gasteiger charge is 2.51. The number of hydrogen-bond donors (Lipinski definition) is 1. The van der Waals surface area contributed by atoms with Crippen molar-refractivity contribution in [3.63, 3.8) is 0 Å². The Bertz CT molecular complexity index is 1640. The van der Waals surface area contributed by atoms with E-state index in [1.165, 1.54) is 0 Å². The summed E-state index contributed by atoms with van der Waals surface area (Å²) in [7, 11) is -3.12. The average molecular weight is 645 g/mol. The molecular formula is C40H41O4PSi. The Kier molecular flexibility index (Phi) is 10.4. The van der Waals surface area contributed by atoms with Gasteiger partial charge in [-0.1, -0.05) is 172 Å². The molecule has 0 fully saturated rings. The second kappa shape index (κ2) is 14.4. The quantitative estimate of drug-likeness (QED) is 0.131. The maximum Gasteiger partial charge on any atom is 0.305 e. The predicted octanol–water partition coefficient (Wildman–Crippen LogP) is 6.16. The van der Waals surface area contributed by atoms with Gasteiger partial charge in [0.25, 0.3) is 8.32 Å². The molecule has 0 spiro atoms. The van der Waals surface area contributed by atoms with Crippen LogP contribution in [0, 0.1) is 0 Å². The summed E-state index contributed by atoms with van der Waals surface area (Å²) in [5.41, 5.74) is 0. The third-order valence-corrected chi connectivity index (χ3v) is 17.5. The Hall–Kier alpha value is -4.28. The first kappa shape index (κ1) is 33.1. The SMILES string of the molecule is CC(C)(C)[Si](OC(CC(=O)O)CC(=O)C=P(c1ccccc1)(c1ccccc1)c1ccccc1)(c1ccccc1)c1ccccc1. The Balaban J connectivity index is 1.67. The number of rotatable bonds is 12. The summed E-state index contributed by atoms with van der Waals surface area (Å²) in [5.74, 6) is 0.761. The van der Waals surface area contributed by atoms with Crippen LogP contribution in [-0.4, -0.2) is 37.1 Å². The molecule has 1 N–H and O–H groups in total. The van der Waals surface area contributed by atoms with Crippen molar-refractivity contribution in [3.05, 3.63) is 152 Å². The number of hydrogen-bond acceptors (Lipinski definition) is 3. The summed E-state index contributed by atoms with van der Waals surface area (Å²) in [5, 5.41) is 15.0. The van der Waals surface area contributed by atoms with Crippen molar-refractivity contribution in [2.45, 2.75) is 44.8 Å². The van der Waals surface area contributed by atoms with Gasteiger partial charge in [-0.05, 0) is 44.0 Å². The van der Waals surface area contributed by atoms with Crippen molar-refractivity contribution in [1.82, 2.24) is 0 Å². The van der Waals surface area contributed by atoms with Crippen molar-refractivity contribution in [3.8, 4) is 0 Å². The summed E-state index contributed by atoms with van der Waals surface area (Å²) in [6, 6.07) is 50.8. The Labute approximate surface area is 273 Å². The minimum atomic E-state index is -3.12. The number of carbonyl (C=O) groups excluding carboxylic acids is 1. The molecule has 0 saturated heterocycles. The molecule has 0 bridgehead atoms. The maximum atomic E-state index is 14.5. The van der Waals surface area contributed by atoms with E-state index in [0.717, 1.165) is 26.3 Å². The van der Waals surface area contributed by atoms with E-state index in [1.807, 2.05) is 96.8 Å². The van der Waals surface area contributed by atoms with Gasteiger partial charge < -0.3 is 9.53 Å². The van der Waals surface area contributed by atoms with Crippen LogP contribution < -0.4 is 26.3 Å². The van der Waals surface area contributed by atoms with E-state index >= 15 is 0 Å². The molecule has 0 aliphatic rings. The monoisotopic (exact) mass is 644 g/mol. The summed E-state index contributed by atoms with van der Waals surface area (Å²) in [4.78, 5) is 26.9. The zero-order valence-electron chi connectivity index (χ0n) is 26.6. The van der Waals surface area contributed by atoms with Gasteiger partial charge in [-0.15, -0.1) is 0 Å². The lowest BCUT2D eigenvalue weighted by Gasteiger charge is -2.45. The highest BCUT2D eigenvalue weighted by Crippen LogP contribution is 2.44. The first-order valence-corrected chi connectivity index (χ1v) is 19.4. The second-order valence-electron chi connectivity index (χ2n) is 12.5. The van der Waals surface area contributed by atoms with Crippen LogP contribution in [0.4, 0.5) is 0 Å². The average Bonchev–Trinajstić information content (AvgIpc) is 3.07. The number of carboxylic acids is 1. The molecule has 5 rings (SSSR count). The number of carboxylic acid groups (broad SMARTS) is 1. The van der Waals surface area contributed by atoms with Crippen LogP contribution in [0.2, 0.25) is 5.04 Å². The van der Waals surface area contributed by atoms with Gasteiger partial charge in [0.2, 0.25) is 0 Å². The minimum Gasteiger partial charge on any atom is -0.481 e. The molecule has 46 heavy (non-hydrogen) atoms. The largest absolute Gasteiger partial charge is 0.481 e. The van der Waals surface area contributed by atoms with E-state index in [2.05, 4.69) is 81.4 Å². The van der Waals surface area contributed by atoms with E-state index in [4.69, 9.17) is 4.43 Å². The van der Waals surface area contributed by atoms with Crippen LogP contribution in [0.3, 0.4) is 0 Å². The van der Waals surface area contributed by atoms with E-state index in [-0.39, 0.29) is 23.7 Å². The summed E-state index contributed by atoms with van der Waals surface area (Å²) < 4.78 is 7.22. The molecule has 0 heterocycles. The third kappa shape index (κ3) is 6.93. The molecule has 5 aromatic carbocycles. The molecule has 4 nitrogen and oxygen atoms in total. The van der Waals surface area contributed by atoms with Crippen molar-refractivity contribution < 1.29 is 19.1 Å². The molecular weight excluding hydrogens is 603 g/mol. The molecule has 0 aliphatic carbocycles. The molecule has 0 saturated carbocycles. The first-order valence-electron chi connectivity index (χ1n) is 15.6. The van der Waals surface area contributed by atoms with Crippen molar-refractivity contribution in [1.29, 1.82) is 0 Å². The molecule has 1 unspecified atom stereocenters. The zero-order valence-corrected chi connectivity index (χ0v) is 28.5. The molecule has 6 heteroatoms. The van der Waals surface area contributed by atoms with Gasteiger partial charge in [0.1, 0.15) is 0 Å². The standard InChI is InChI=1S/C40H41O4PSi/c1-40(2,3)46(37-25-15-7-16-26-37,38-27-17-8-18-28-38)44-33(30-39(42)43)29-32(41)31-45(34-19-9-4-10-20-34,35-21-11-5-12-22-35)36-23-13-6-14-24-36/h4-28,31,33H,29-30H2,1-3H3,(H,42,43). The van der Waals surface area contributed by atoms with Crippen LogP contribution in [0.15, 0.2) is 152 Å². The van der Waals surface area contributed by atoms with E-state index < -0.39 is 27.3 Å². The number of Topliss-reactive ketones (excluding diaryl/α,β-unsaturated/α-hetero) is 1. The maximum absolute atomic E-state index is 14.5. The fraction of sp³-hybridized carbons (Fsp3) is 0.175. The first-order chi connectivity index (χ1) is 22.2. The lowest BCUT2D eigenvalue weighted by molar-refractivity contribution is -0.139. The number of benzene rings is 5. The number of carbonyl (C=O) groups is 2. The van der Waals surface area contributed by atoms with Gasteiger partial charge >= 0.3 is 5.97 Å². The number of ketones is 1. The molecule has 234 valence electrons. The van der Waals surface area contributed by atoms with Gasteiger partial charge in [-0.3, -0.25) is 9.59 Å². The fourth-order valence-electron chi connectivity index (χ4n) is 6.44. The van der Waals surface area contributed by atoms with Crippen molar-refractivity contribution >= 4 is 59.0 Å². The Morgan fingerprint density at radius 1 is 0.630 bits per heavy atom. The predicted molar refractivity (Wildman–Crippen MR) is 196 cm³/mol. The van der Waals surface area contributed by atoms with Gasteiger partial charge in [0.05, 0.1) is 12.5 Å². The molecule has 0 amide bonds. The Morgan fingerprint density at radius 3 is 1.30 bits per heavy atom. The van der Waals surface area contributed by atoms with Crippen LogP contribution in [0.1, 0.15) is 33.6 Å². The normalized spacial score (nSPS) is 12.7. The molecule has 1 atom stereocenters. The smallest absolute Gasteiger partial charge is 0.305 e. The van der Waals surface area contributed by atoms with E-state index in [9.17, 15) is 14.7 Å². The van der Waals surface area contributed by atoms with Gasteiger partial charge in [0, 0.05) is 6.42 Å². The minimum absolute atomic E-state index is 0.0505. The van der Waals surface area contributed by atoms with E-state index in [1.54, 1.807) is 0 Å². The van der Waals surface area contributed by atoms with Gasteiger partial charge in [-0.2, -0.15) is 0 Å². The van der Waals surface area contributed by atoms with Crippen LogP contribution in [0.5, 0.6) is 0 Å². The molecule has 0 radical (unpaired) electrons. The summed E-state index contributed by atoms with van der Waals surface area (Å²) >= 11 is 0. The molecule has 5 aromatic rings. The molecule has 0 aliphatic heterocycles. The molecule has 0 aromatic heterocycles. The lowest BCUT2D eigenvalue weighted by atomic mass is 10.1. The fourth-order valence-corrected chi connectivity index (χ4v) is 14.9. The third-order valence-electron chi connectivity index (χ3n) is 8.42. The van der Waals surface area contributed by atoms with E-state index in [0.29, 0.717) is 0 Å².